The lowest BCUT2D eigenvalue weighted by molar-refractivity contribution is -0.137. The second-order valence-corrected chi connectivity index (χ2v) is 6.48. The van der Waals surface area contributed by atoms with E-state index in [2.05, 4.69) is 6.07 Å². The Morgan fingerprint density at radius 1 is 1.30 bits per heavy atom. The molecular formula is C15H27N3O2. The number of hydrogen-bond donors (Lipinski definition) is 1. The van der Waals surface area contributed by atoms with Crippen LogP contribution in [-0.2, 0) is 4.79 Å². The summed E-state index contributed by atoms with van der Waals surface area (Å²) in [6, 6.07) is 2.36. The Bertz CT molecular complexity index is 381. The topological polar surface area (TPSA) is 67.6 Å². The molecule has 5 nitrogen and oxygen atoms in total. The minimum Gasteiger partial charge on any atom is -0.394 e. The van der Waals surface area contributed by atoms with Gasteiger partial charge in [0.2, 0.25) is 5.91 Å². The lowest BCUT2D eigenvalue weighted by atomic mass is 9.81. The van der Waals surface area contributed by atoms with Gasteiger partial charge in [0.05, 0.1) is 19.2 Å². The molecule has 0 unspecified atom stereocenters. The zero-order valence-corrected chi connectivity index (χ0v) is 13.1. The van der Waals surface area contributed by atoms with Crippen molar-refractivity contribution in [2.45, 2.75) is 57.0 Å². The summed E-state index contributed by atoms with van der Waals surface area (Å²) in [5.74, 6) is -0.0579. The second-order valence-electron chi connectivity index (χ2n) is 6.48. The predicted octanol–water partition coefficient (Wildman–Crippen LogP) is 1.37. The lowest BCUT2D eigenvalue weighted by Gasteiger charge is -2.41. The van der Waals surface area contributed by atoms with E-state index in [0.717, 1.165) is 32.1 Å². The van der Waals surface area contributed by atoms with Crippen molar-refractivity contribution in [1.82, 2.24) is 9.80 Å². The fraction of sp³-hybridized carbons (Fsp3) is 0.867. The first-order chi connectivity index (χ1) is 9.29. The Hall–Kier alpha value is -1.12. The molecule has 0 atom stereocenters. The summed E-state index contributed by atoms with van der Waals surface area (Å²) in [4.78, 5) is 15.9. The highest BCUT2D eigenvalue weighted by molar-refractivity contribution is 5.79. The van der Waals surface area contributed by atoms with E-state index in [1.165, 1.54) is 0 Å². The number of carbonyl (C=O) groups excluding carboxylic acids is 1. The Kier molecular flexibility index (Phi) is 5.55. The molecule has 0 radical (unpaired) electrons. The molecule has 1 aliphatic carbocycles. The van der Waals surface area contributed by atoms with Crippen LogP contribution in [0.2, 0.25) is 0 Å². The van der Waals surface area contributed by atoms with Crippen LogP contribution in [0.5, 0.6) is 0 Å². The van der Waals surface area contributed by atoms with Crippen LogP contribution in [0.3, 0.4) is 0 Å². The molecule has 0 aromatic carbocycles. The number of hydrogen-bond acceptors (Lipinski definition) is 4. The Balaban J connectivity index is 2.74. The van der Waals surface area contributed by atoms with Gasteiger partial charge in [-0.05, 0) is 33.7 Å². The van der Waals surface area contributed by atoms with E-state index in [4.69, 9.17) is 0 Å². The Morgan fingerprint density at radius 2 is 1.85 bits per heavy atom. The highest BCUT2D eigenvalue weighted by atomic mass is 16.3. The third-order valence-corrected chi connectivity index (χ3v) is 4.70. The molecule has 0 spiro atoms. The molecule has 1 saturated carbocycles. The summed E-state index contributed by atoms with van der Waals surface area (Å²) in [5, 5.41) is 18.8. The van der Waals surface area contributed by atoms with E-state index in [1.807, 2.05) is 25.8 Å². The fourth-order valence-electron chi connectivity index (χ4n) is 2.54. The van der Waals surface area contributed by atoms with Crippen LogP contribution < -0.4 is 0 Å². The number of rotatable bonds is 5. The van der Waals surface area contributed by atoms with Crippen molar-refractivity contribution in [3.8, 4) is 6.07 Å². The standard InChI is InChI=1S/C15H27N3O2/c1-14(2,12-19)17(3)10-13(20)18(4)15(11-16)8-6-5-7-9-15/h19H,5-10,12H2,1-4H3. The molecule has 20 heavy (non-hydrogen) atoms. The van der Waals surface area contributed by atoms with Crippen LogP contribution >= 0.6 is 0 Å². The average Bonchev–Trinajstić information content (AvgIpc) is 2.46. The maximum atomic E-state index is 12.4. The largest absolute Gasteiger partial charge is 0.394 e. The van der Waals surface area contributed by atoms with Crippen LogP contribution in [0.15, 0.2) is 0 Å². The first kappa shape index (κ1) is 16.9. The molecule has 1 aliphatic rings. The van der Waals surface area contributed by atoms with Crippen molar-refractivity contribution in [1.29, 1.82) is 5.26 Å². The molecule has 0 aromatic rings. The molecule has 0 aliphatic heterocycles. The first-order valence-electron chi connectivity index (χ1n) is 7.29. The highest BCUT2D eigenvalue weighted by Crippen LogP contribution is 2.32. The van der Waals surface area contributed by atoms with Crippen LogP contribution in [-0.4, -0.2) is 59.1 Å². The molecule has 1 fully saturated rings. The fourth-order valence-corrected chi connectivity index (χ4v) is 2.54. The van der Waals surface area contributed by atoms with E-state index in [1.54, 1.807) is 11.9 Å². The maximum Gasteiger partial charge on any atom is 0.237 e. The summed E-state index contributed by atoms with van der Waals surface area (Å²) < 4.78 is 0. The zero-order valence-electron chi connectivity index (χ0n) is 13.1. The van der Waals surface area contributed by atoms with Crippen molar-refractivity contribution in [3.63, 3.8) is 0 Å². The highest BCUT2D eigenvalue weighted by Gasteiger charge is 2.39. The van der Waals surface area contributed by atoms with Gasteiger partial charge in [-0.2, -0.15) is 5.26 Å². The minimum absolute atomic E-state index is 0.0100. The van der Waals surface area contributed by atoms with Gasteiger partial charge in [-0.1, -0.05) is 19.3 Å². The quantitative estimate of drug-likeness (QED) is 0.826. The first-order valence-corrected chi connectivity index (χ1v) is 7.29. The number of aliphatic hydroxyl groups is 1. The summed E-state index contributed by atoms with van der Waals surface area (Å²) in [5.41, 5.74) is -1.08. The van der Waals surface area contributed by atoms with Gasteiger partial charge in [0, 0.05) is 12.6 Å². The maximum absolute atomic E-state index is 12.4. The van der Waals surface area contributed by atoms with Crippen LogP contribution in [0.1, 0.15) is 46.0 Å². The average molecular weight is 281 g/mol. The third kappa shape index (κ3) is 3.50. The summed E-state index contributed by atoms with van der Waals surface area (Å²) in [6.07, 6.45) is 4.67. The lowest BCUT2D eigenvalue weighted by Crippen LogP contribution is -2.55. The van der Waals surface area contributed by atoms with Gasteiger partial charge in [0.15, 0.2) is 0 Å². The molecule has 114 valence electrons. The van der Waals surface area contributed by atoms with Crippen LogP contribution in [0, 0.1) is 11.3 Å². The van der Waals surface area contributed by atoms with Crippen LogP contribution in [0.25, 0.3) is 0 Å². The molecule has 1 rings (SSSR count). The second kappa shape index (κ2) is 6.55. The monoisotopic (exact) mass is 281 g/mol. The summed E-state index contributed by atoms with van der Waals surface area (Å²) in [7, 11) is 3.55. The van der Waals surface area contributed by atoms with Gasteiger partial charge in [0.25, 0.3) is 0 Å². The number of amides is 1. The number of likely N-dealkylation sites (N-methyl/N-ethyl adjacent to an activating group) is 2. The molecular weight excluding hydrogens is 254 g/mol. The predicted molar refractivity (Wildman–Crippen MR) is 78.0 cm³/mol. The summed E-state index contributed by atoms with van der Waals surface area (Å²) >= 11 is 0. The number of carbonyl (C=O) groups is 1. The van der Waals surface area contributed by atoms with Gasteiger partial charge in [-0.25, -0.2) is 0 Å². The van der Waals surface area contributed by atoms with Gasteiger partial charge in [-0.3, -0.25) is 9.69 Å². The third-order valence-electron chi connectivity index (χ3n) is 4.70. The van der Waals surface area contributed by atoms with Gasteiger partial charge < -0.3 is 10.0 Å². The SMILES string of the molecule is CN(CC(=O)N(C)C1(C#N)CCCCC1)C(C)(C)CO. The number of nitrogens with zero attached hydrogens (tertiary/aromatic N) is 3. The van der Waals surface area contributed by atoms with Crippen molar-refractivity contribution in [2.75, 3.05) is 27.2 Å². The van der Waals surface area contributed by atoms with E-state index in [9.17, 15) is 15.2 Å². The number of aliphatic hydroxyl groups excluding tert-OH is 1. The smallest absolute Gasteiger partial charge is 0.237 e. The molecule has 1 amide bonds. The van der Waals surface area contributed by atoms with Crippen molar-refractivity contribution >= 4 is 5.91 Å². The van der Waals surface area contributed by atoms with Crippen molar-refractivity contribution in [2.24, 2.45) is 0 Å². The van der Waals surface area contributed by atoms with E-state index in [0.29, 0.717) is 0 Å². The van der Waals surface area contributed by atoms with E-state index in [-0.39, 0.29) is 19.1 Å². The minimum atomic E-state index is -0.639. The Labute approximate surface area is 122 Å². The summed E-state index contributed by atoms with van der Waals surface area (Å²) in [6.45, 7) is 3.99. The molecule has 0 saturated heterocycles. The Morgan fingerprint density at radius 3 is 2.30 bits per heavy atom. The number of nitriles is 1. The van der Waals surface area contributed by atoms with Gasteiger partial charge >= 0.3 is 0 Å². The normalized spacial score (nSPS) is 18.6. The molecule has 0 bridgehead atoms. The molecule has 1 N–H and O–H groups in total. The van der Waals surface area contributed by atoms with Crippen molar-refractivity contribution in [3.05, 3.63) is 0 Å². The van der Waals surface area contributed by atoms with Gasteiger partial charge in [0.1, 0.15) is 5.54 Å². The van der Waals surface area contributed by atoms with Gasteiger partial charge in [-0.15, -0.1) is 0 Å². The molecule has 0 aromatic heterocycles. The van der Waals surface area contributed by atoms with Crippen LogP contribution in [0.4, 0.5) is 0 Å². The molecule has 0 heterocycles. The molecule has 5 heteroatoms. The van der Waals surface area contributed by atoms with E-state index < -0.39 is 11.1 Å². The van der Waals surface area contributed by atoms with E-state index >= 15 is 0 Å². The van der Waals surface area contributed by atoms with Crippen molar-refractivity contribution < 1.29 is 9.90 Å². The zero-order chi connectivity index (χ0) is 15.4.